The van der Waals surface area contributed by atoms with Crippen LogP contribution in [0.4, 0.5) is 9.59 Å². The lowest BCUT2D eigenvalue weighted by molar-refractivity contribution is -0.125. The first kappa shape index (κ1) is 19.5. The lowest BCUT2D eigenvalue weighted by atomic mass is 10.2. The van der Waals surface area contributed by atoms with Gasteiger partial charge in [0, 0.05) is 13.1 Å². The van der Waals surface area contributed by atoms with Crippen molar-refractivity contribution in [2.45, 2.75) is 52.7 Å². The molecule has 23 heavy (non-hydrogen) atoms. The summed E-state index contributed by atoms with van der Waals surface area (Å²) >= 11 is 0. The van der Waals surface area contributed by atoms with Gasteiger partial charge in [-0.15, -0.1) is 0 Å². The molecular formula is C15H29N3O5. The molecule has 1 fully saturated rings. The summed E-state index contributed by atoms with van der Waals surface area (Å²) in [4.78, 5) is 30.1. The molecule has 0 spiro atoms. The van der Waals surface area contributed by atoms with Gasteiger partial charge in [0.15, 0.2) is 0 Å². The summed E-state index contributed by atoms with van der Waals surface area (Å²) in [6.45, 7) is 12.1. The van der Waals surface area contributed by atoms with E-state index in [2.05, 4.69) is 0 Å². The topological polar surface area (TPSA) is 71.6 Å². The highest BCUT2D eigenvalue weighted by molar-refractivity contribution is 5.74. The molecule has 1 aliphatic rings. The number of hydrogen-bond acceptors (Lipinski definition) is 6. The molecule has 1 aliphatic heterocycles. The molecule has 0 aromatic heterocycles. The van der Waals surface area contributed by atoms with Gasteiger partial charge in [-0.1, -0.05) is 0 Å². The van der Waals surface area contributed by atoms with E-state index in [1.807, 2.05) is 0 Å². The summed E-state index contributed by atoms with van der Waals surface area (Å²) in [6.07, 6.45) is -1.16. The molecule has 0 atom stereocenters. The van der Waals surface area contributed by atoms with Crippen molar-refractivity contribution in [3.05, 3.63) is 0 Å². The molecule has 0 aromatic carbocycles. The number of rotatable bonds is 1. The summed E-state index contributed by atoms with van der Waals surface area (Å²) < 4.78 is 10.8. The average Bonchev–Trinajstić information content (AvgIpc) is 2.56. The molecule has 0 unspecified atom stereocenters. The van der Waals surface area contributed by atoms with Crippen molar-refractivity contribution in [3.8, 4) is 0 Å². The Morgan fingerprint density at radius 1 is 0.739 bits per heavy atom. The minimum absolute atomic E-state index is 0.266. The van der Waals surface area contributed by atoms with E-state index < -0.39 is 23.4 Å². The predicted octanol–water partition coefficient (Wildman–Crippen LogP) is 2.25. The number of hydroxylamine groups is 2. The quantitative estimate of drug-likeness (QED) is 0.734. The van der Waals surface area contributed by atoms with Gasteiger partial charge in [0.25, 0.3) is 0 Å². The Bertz CT molecular complexity index is 390. The van der Waals surface area contributed by atoms with Gasteiger partial charge in [-0.3, -0.25) is 0 Å². The zero-order chi connectivity index (χ0) is 17.8. The van der Waals surface area contributed by atoms with Crippen LogP contribution in [0.2, 0.25) is 0 Å². The monoisotopic (exact) mass is 331 g/mol. The van der Waals surface area contributed by atoms with Crippen LogP contribution >= 0.6 is 0 Å². The zero-order valence-electron chi connectivity index (χ0n) is 15.2. The Kier molecular flexibility index (Phi) is 6.24. The fourth-order valence-electron chi connectivity index (χ4n) is 1.96. The molecular weight excluding hydrogens is 302 g/mol. The minimum atomic E-state index is -0.649. The third-order valence-corrected chi connectivity index (χ3v) is 2.88. The highest BCUT2D eigenvalue weighted by Gasteiger charge is 2.35. The maximum atomic E-state index is 12.4. The summed E-state index contributed by atoms with van der Waals surface area (Å²) in [5, 5.41) is 4.23. The Hall–Kier alpha value is -1.54. The average molecular weight is 331 g/mol. The number of ether oxygens (including phenoxy) is 2. The van der Waals surface area contributed by atoms with E-state index in [4.69, 9.17) is 14.3 Å². The molecule has 0 radical (unpaired) electrons. The number of hydrazine groups is 1. The van der Waals surface area contributed by atoms with Crippen LogP contribution in [0.1, 0.15) is 41.5 Å². The molecule has 8 heteroatoms. The summed E-state index contributed by atoms with van der Waals surface area (Å²) in [5.74, 6) is 0. The summed E-state index contributed by atoms with van der Waals surface area (Å²) in [5.41, 5.74) is -1.30. The van der Waals surface area contributed by atoms with E-state index >= 15 is 0 Å². The van der Waals surface area contributed by atoms with Gasteiger partial charge in [0.1, 0.15) is 11.2 Å². The van der Waals surface area contributed by atoms with Crippen LogP contribution < -0.4 is 0 Å². The molecule has 0 N–H and O–H groups in total. The zero-order valence-corrected chi connectivity index (χ0v) is 15.2. The molecule has 1 rings (SSSR count). The first-order chi connectivity index (χ1) is 10.4. The Morgan fingerprint density at radius 3 is 1.35 bits per heavy atom. The van der Waals surface area contributed by atoms with Gasteiger partial charge in [0.05, 0.1) is 20.2 Å². The number of hydrogen-bond donors (Lipinski definition) is 0. The highest BCUT2D eigenvalue weighted by Crippen LogP contribution is 2.17. The van der Waals surface area contributed by atoms with Crippen LogP contribution in [0.5, 0.6) is 0 Å². The van der Waals surface area contributed by atoms with Gasteiger partial charge < -0.3 is 14.3 Å². The second kappa shape index (κ2) is 7.35. The second-order valence-corrected chi connectivity index (χ2v) is 7.32. The Labute approximate surface area is 138 Å². The van der Waals surface area contributed by atoms with Crippen LogP contribution in [0.3, 0.4) is 0 Å². The third-order valence-electron chi connectivity index (χ3n) is 2.88. The molecule has 134 valence electrons. The van der Waals surface area contributed by atoms with Crippen LogP contribution in [0, 0.1) is 0 Å². The first-order valence-corrected chi connectivity index (χ1v) is 7.73. The van der Waals surface area contributed by atoms with Crippen LogP contribution in [0.25, 0.3) is 0 Å². The third kappa shape index (κ3) is 6.62. The number of nitrogens with zero attached hydrogens (tertiary/aromatic N) is 3. The van der Waals surface area contributed by atoms with Crippen molar-refractivity contribution in [1.82, 2.24) is 15.1 Å². The maximum absolute atomic E-state index is 12.4. The van der Waals surface area contributed by atoms with E-state index in [9.17, 15) is 9.59 Å². The van der Waals surface area contributed by atoms with E-state index in [1.165, 1.54) is 10.0 Å². The van der Waals surface area contributed by atoms with Gasteiger partial charge in [-0.25, -0.2) is 19.6 Å². The fourth-order valence-corrected chi connectivity index (χ4v) is 1.96. The molecule has 0 aromatic rings. The summed E-state index contributed by atoms with van der Waals surface area (Å²) in [7, 11) is 1.56. The minimum Gasteiger partial charge on any atom is -0.442 e. The smallest absolute Gasteiger partial charge is 0.429 e. The normalized spacial score (nSPS) is 17.7. The van der Waals surface area contributed by atoms with Crippen molar-refractivity contribution < 1.29 is 23.9 Å². The number of amides is 2. The first-order valence-electron chi connectivity index (χ1n) is 7.73. The standard InChI is InChI=1S/C15H29N3O5/c1-14(2,3)22-12(19)17-10-8-16(21-7)9-11-18(17)13(20)23-15(4,5)6/h8-11H2,1-7H3. The molecule has 1 heterocycles. The molecule has 1 saturated heterocycles. The van der Waals surface area contributed by atoms with Crippen LogP contribution in [-0.4, -0.2) is 71.8 Å². The molecule has 0 bridgehead atoms. The Morgan fingerprint density at radius 2 is 1.09 bits per heavy atom. The van der Waals surface area contributed by atoms with E-state index in [0.717, 1.165) is 0 Å². The van der Waals surface area contributed by atoms with Crippen molar-refractivity contribution in [3.63, 3.8) is 0 Å². The van der Waals surface area contributed by atoms with E-state index in [1.54, 1.807) is 53.7 Å². The van der Waals surface area contributed by atoms with Gasteiger partial charge >= 0.3 is 12.2 Å². The van der Waals surface area contributed by atoms with Crippen molar-refractivity contribution in [2.75, 3.05) is 33.3 Å². The highest BCUT2D eigenvalue weighted by atomic mass is 16.7. The van der Waals surface area contributed by atoms with Crippen molar-refractivity contribution in [1.29, 1.82) is 0 Å². The van der Waals surface area contributed by atoms with Crippen LogP contribution in [-0.2, 0) is 14.3 Å². The lowest BCUT2D eigenvalue weighted by Crippen LogP contribution is -2.53. The van der Waals surface area contributed by atoms with E-state index in [-0.39, 0.29) is 13.1 Å². The summed E-state index contributed by atoms with van der Waals surface area (Å²) in [6, 6.07) is 0. The van der Waals surface area contributed by atoms with Gasteiger partial charge in [-0.05, 0) is 41.5 Å². The van der Waals surface area contributed by atoms with Gasteiger partial charge in [-0.2, -0.15) is 5.06 Å². The van der Waals surface area contributed by atoms with Crippen LogP contribution in [0.15, 0.2) is 0 Å². The largest absolute Gasteiger partial charge is 0.442 e. The molecule has 0 aliphatic carbocycles. The number of carbonyl (C=O) groups excluding carboxylic acids is 2. The molecule has 0 saturated carbocycles. The lowest BCUT2D eigenvalue weighted by Gasteiger charge is -2.35. The van der Waals surface area contributed by atoms with Crippen molar-refractivity contribution >= 4 is 12.2 Å². The van der Waals surface area contributed by atoms with E-state index in [0.29, 0.717) is 13.1 Å². The second-order valence-electron chi connectivity index (χ2n) is 7.32. The SMILES string of the molecule is CON1CCN(C(=O)OC(C)(C)C)N(C(=O)OC(C)(C)C)CC1. The molecule has 8 nitrogen and oxygen atoms in total. The Balaban J connectivity index is 2.94. The molecule has 2 amide bonds. The van der Waals surface area contributed by atoms with Gasteiger partial charge in [0.2, 0.25) is 0 Å². The number of carbonyl (C=O) groups is 2. The predicted molar refractivity (Wildman–Crippen MR) is 84.5 cm³/mol. The van der Waals surface area contributed by atoms with Crippen molar-refractivity contribution in [2.24, 2.45) is 0 Å². The fraction of sp³-hybridized carbons (Fsp3) is 0.867. The maximum Gasteiger partial charge on any atom is 0.429 e.